The largest absolute Gasteiger partial charge is 0.508 e. The average molecular weight is 365 g/mol. The van der Waals surface area contributed by atoms with Crippen LogP contribution >= 0.6 is 11.3 Å². The number of carbonyl (C=O) groups is 2. The molecule has 25 heavy (non-hydrogen) atoms. The standard InChI is InChI=1S/C18H20FNO4S/c1-18(2,3)11-9-12(19)10(7-13(11)21)8-15(22)20-16-6-5-14(25-16)17(23)24-4/h5-7,9,21H,8H2,1-4H3,(H,20,22). The van der Waals surface area contributed by atoms with E-state index in [1.54, 1.807) is 6.07 Å². The first kappa shape index (κ1) is 18.9. The minimum absolute atomic E-state index is 0.0409. The summed E-state index contributed by atoms with van der Waals surface area (Å²) in [5.41, 5.74) is 0.176. The Kier molecular flexibility index (Phi) is 5.47. The third kappa shape index (κ3) is 4.57. The molecule has 1 heterocycles. The van der Waals surface area contributed by atoms with Crippen molar-refractivity contribution >= 4 is 28.2 Å². The molecule has 0 saturated heterocycles. The number of nitrogens with one attached hydrogen (secondary N) is 1. The van der Waals surface area contributed by atoms with E-state index in [0.717, 1.165) is 11.3 Å². The second-order valence-electron chi connectivity index (χ2n) is 6.59. The molecular formula is C18H20FNO4S. The van der Waals surface area contributed by atoms with Gasteiger partial charge in [0.05, 0.1) is 18.5 Å². The fourth-order valence-corrected chi connectivity index (χ4v) is 3.15. The number of phenolic OH excluding ortho intramolecular Hbond substituents is 1. The van der Waals surface area contributed by atoms with Gasteiger partial charge in [-0.3, -0.25) is 4.79 Å². The summed E-state index contributed by atoms with van der Waals surface area (Å²) in [6.07, 6.45) is -0.227. The van der Waals surface area contributed by atoms with Crippen LogP contribution in [0.25, 0.3) is 0 Å². The molecule has 1 amide bonds. The number of esters is 1. The minimum atomic E-state index is -0.542. The molecule has 0 saturated carbocycles. The van der Waals surface area contributed by atoms with Gasteiger partial charge in [0.15, 0.2) is 0 Å². The molecule has 5 nitrogen and oxygen atoms in total. The minimum Gasteiger partial charge on any atom is -0.508 e. The Hall–Kier alpha value is -2.41. The summed E-state index contributed by atoms with van der Waals surface area (Å²) in [6, 6.07) is 5.66. The molecule has 0 unspecified atom stereocenters. The number of phenols is 1. The van der Waals surface area contributed by atoms with Gasteiger partial charge < -0.3 is 15.2 Å². The molecular weight excluding hydrogens is 345 g/mol. The second kappa shape index (κ2) is 7.23. The Morgan fingerprint density at radius 1 is 1.28 bits per heavy atom. The number of hydrogen-bond donors (Lipinski definition) is 2. The van der Waals surface area contributed by atoms with E-state index in [2.05, 4.69) is 10.1 Å². The summed E-state index contributed by atoms with van der Waals surface area (Å²) in [6.45, 7) is 5.59. The molecule has 0 aliphatic rings. The van der Waals surface area contributed by atoms with Gasteiger partial charge in [-0.1, -0.05) is 20.8 Å². The molecule has 1 aromatic carbocycles. The topological polar surface area (TPSA) is 75.6 Å². The van der Waals surface area contributed by atoms with Gasteiger partial charge in [-0.15, -0.1) is 11.3 Å². The molecule has 7 heteroatoms. The Labute approximate surface area is 149 Å². The maximum atomic E-state index is 14.3. The monoisotopic (exact) mass is 365 g/mol. The van der Waals surface area contributed by atoms with Crippen molar-refractivity contribution in [2.45, 2.75) is 32.6 Å². The van der Waals surface area contributed by atoms with Crippen LogP contribution in [-0.4, -0.2) is 24.1 Å². The normalized spacial score (nSPS) is 11.2. The van der Waals surface area contributed by atoms with Crippen molar-refractivity contribution in [3.8, 4) is 5.75 Å². The summed E-state index contributed by atoms with van der Waals surface area (Å²) in [5.74, 6) is -1.51. The van der Waals surface area contributed by atoms with Gasteiger partial charge in [-0.25, -0.2) is 9.18 Å². The Morgan fingerprint density at radius 2 is 1.96 bits per heavy atom. The SMILES string of the molecule is COC(=O)c1ccc(NC(=O)Cc2cc(O)c(C(C)(C)C)cc2F)s1. The first-order chi connectivity index (χ1) is 11.6. The van der Waals surface area contributed by atoms with Gasteiger partial charge in [0.2, 0.25) is 5.91 Å². The number of amides is 1. The fraction of sp³-hybridized carbons (Fsp3) is 0.333. The van der Waals surface area contributed by atoms with Crippen molar-refractivity contribution < 1.29 is 23.8 Å². The molecule has 0 aliphatic carbocycles. The van der Waals surface area contributed by atoms with Crippen molar-refractivity contribution in [1.82, 2.24) is 0 Å². The number of halogens is 1. The molecule has 0 bridgehead atoms. The Morgan fingerprint density at radius 3 is 2.56 bits per heavy atom. The lowest BCUT2D eigenvalue weighted by Gasteiger charge is -2.21. The average Bonchev–Trinajstić information content (AvgIpc) is 2.97. The maximum Gasteiger partial charge on any atom is 0.348 e. The summed E-state index contributed by atoms with van der Waals surface area (Å²) in [7, 11) is 1.27. The van der Waals surface area contributed by atoms with Gasteiger partial charge >= 0.3 is 5.97 Å². The van der Waals surface area contributed by atoms with E-state index in [1.807, 2.05) is 20.8 Å². The van der Waals surface area contributed by atoms with Gasteiger partial charge in [0.1, 0.15) is 16.4 Å². The predicted octanol–water partition coefficient (Wildman–Crippen LogP) is 3.86. The fourth-order valence-electron chi connectivity index (χ4n) is 2.31. The van der Waals surface area contributed by atoms with E-state index < -0.39 is 23.1 Å². The summed E-state index contributed by atoms with van der Waals surface area (Å²) in [5, 5.41) is 13.2. The number of methoxy groups -OCH3 is 1. The molecule has 0 atom stereocenters. The molecule has 0 aliphatic heterocycles. The quantitative estimate of drug-likeness (QED) is 0.807. The number of thiophene rings is 1. The lowest BCUT2D eigenvalue weighted by molar-refractivity contribution is -0.115. The van der Waals surface area contributed by atoms with Crippen LogP contribution in [0.4, 0.5) is 9.39 Å². The molecule has 1 aromatic heterocycles. The first-order valence-electron chi connectivity index (χ1n) is 7.61. The highest BCUT2D eigenvalue weighted by Gasteiger charge is 2.21. The smallest absolute Gasteiger partial charge is 0.348 e. The van der Waals surface area contributed by atoms with Crippen LogP contribution in [0.2, 0.25) is 0 Å². The van der Waals surface area contributed by atoms with Crippen LogP contribution in [0.15, 0.2) is 24.3 Å². The Balaban J connectivity index is 2.12. The first-order valence-corrected chi connectivity index (χ1v) is 8.43. The zero-order valence-electron chi connectivity index (χ0n) is 14.5. The number of anilines is 1. The van der Waals surface area contributed by atoms with Gasteiger partial charge in [0, 0.05) is 11.1 Å². The van der Waals surface area contributed by atoms with Gasteiger partial charge in [0.25, 0.3) is 0 Å². The maximum absolute atomic E-state index is 14.3. The number of hydrogen-bond acceptors (Lipinski definition) is 5. The van der Waals surface area contributed by atoms with Crippen LogP contribution in [0.5, 0.6) is 5.75 Å². The van der Waals surface area contributed by atoms with Crippen LogP contribution in [0.1, 0.15) is 41.6 Å². The van der Waals surface area contributed by atoms with Gasteiger partial charge in [-0.2, -0.15) is 0 Å². The number of benzene rings is 1. The molecule has 0 radical (unpaired) electrons. The van der Waals surface area contributed by atoms with Gasteiger partial charge in [-0.05, 0) is 29.7 Å². The summed E-state index contributed by atoms with van der Waals surface area (Å²) in [4.78, 5) is 23.9. The number of aromatic hydroxyl groups is 1. The van der Waals surface area contributed by atoms with Crippen molar-refractivity contribution in [2.24, 2.45) is 0 Å². The highest BCUT2D eigenvalue weighted by Crippen LogP contribution is 2.33. The highest BCUT2D eigenvalue weighted by atomic mass is 32.1. The van der Waals surface area contributed by atoms with E-state index >= 15 is 0 Å². The van der Waals surface area contributed by atoms with Crippen molar-refractivity contribution in [3.05, 3.63) is 46.1 Å². The molecule has 0 fully saturated rings. The summed E-state index contributed by atoms with van der Waals surface area (Å²) < 4.78 is 18.9. The molecule has 2 N–H and O–H groups in total. The molecule has 0 spiro atoms. The van der Waals surface area contributed by atoms with Crippen molar-refractivity contribution in [1.29, 1.82) is 0 Å². The third-order valence-corrected chi connectivity index (χ3v) is 4.56. The van der Waals surface area contributed by atoms with E-state index in [0.29, 0.717) is 15.4 Å². The Bertz CT molecular complexity index is 808. The number of rotatable bonds is 4. The highest BCUT2D eigenvalue weighted by molar-refractivity contribution is 7.18. The van der Waals surface area contributed by atoms with E-state index in [4.69, 9.17) is 0 Å². The zero-order valence-corrected chi connectivity index (χ0v) is 15.3. The van der Waals surface area contributed by atoms with Crippen LogP contribution in [0.3, 0.4) is 0 Å². The molecule has 2 aromatic rings. The van der Waals surface area contributed by atoms with Crippen LogP contribution < -0.4 is 5.32 Å². The van der Waals surface area contributed by atoms with Crippen molar-refractivity contribution in [2.75, 3.05) is 12.4 Å². The van der Waals surface area contributed by atoms with Crippen LogP contribution in [0, 0.1) is 5.82 Å². The van der Waals surface area contributed by atoms with E-state index in [9.17, 15) is 19.1 Å². The lowest BCUT2D eigenvalue weighted by atomic mass is 9.85. The third-order valence-electron chi connectivity index (χ3n) is 3.58. The predicted molar refractivity (Wildman–Crippen MR) is 94.8 cm³/mol. The zero-order chi connectivity index (χ0) is 18.8. The number of ether oxygens (including phenoxy) is 1. The van der Waals surface area contributed by atoms with E-state index in [1.165, 1.54) is 25.3 Å². The van der Waals surface area contributed by atoms with Crippen LogP contribution in [-0.2, 0) is 21.4 Å². The second-order valence-corrected chi connectivity index (χ2v) is 7.67. The van der Waals surface area contributed by atoms with E-state index in [-0.39, 0.29) is 17.7 Å². The molecule has 2 rings (SSSR count). The summed E-state index contributed by atoms with van der Waals surface area (Å²) >= 11 is 1.07. The molecule has 134 valence electrons. The lowest BCUT2D eigenvalue weighted by Crippen LogP contribution is -2.16. The van der Waals surface area contributed by atoms with Crippen molar-refractivity contribution in [3.63, 3.8) is 0 Å². The number of carbonyl (C=O) groups excluding carboxylic acids is 2.